The van der Waals surface area contributed by atoms with Gasteiger partial charge in [-0.05, 0) is 40.4 Å². The molecule has 1 aromatic heterocycles. The van der Waals surface area contributed by atoms with E-state index in [9.17, 15) is 4.79 Å². The summed E-state index contributed by atoms with van der Waals surface area (Å²) in [4.78, 5) is 14.8. The van der Waals surface area contributed by atoms with Crippen LogP contribution < -0.4 is 5.73 Å². The molecular formula is C11H15BrN2OS. The molecule has 16 heavy (non-hydrogen) atoms. The van der Waals surface area contributed by atoms with E-state index in [4.69, 9.17) is 5.73 Å². The zero-order valence-corrected chi connectivity index (χ0v) is 11.6. The molecule has 2 unspecified atom stereocenters. The number of hydrogen-bond donors (Lipinski definition) is 1. The van der Waals surface area contributed by atoms with Crippen molar-refractivity contribution in [2.45, 2.75) is 19.4 Å². The van der Waals surface area contributed by atoms with E-state index in [-0.39, 0.29) is 11.9 Å². The number of amides is 1. The summed E-state index contributed by atoms with van der Waals surface area (Å²) in [7, 11) is 0. The van der Waals surface area contributed by atoms with Crippen LogP contribution in [-0.4, -0.2) is 29.9 Å². The SMILES string of the molecule is CC1CN(C(=O)c2ccc(Br)s2)CCC1N. The average Bonchev–Trinajstić information content (AvgIpc) is 2.68. The van der Waals surface area contributed by atoms with Crippen LogP contribution in [0.3, 0.4) is 0 Å². The van der Waals surface area contributed by atoms with Gasteiger partial charge in [0.25, 0.3) is 5.91 Å². The van der Waals surface area contributed by atoms with Gasteiger partial charge in [0.1, 0.15) is 0 Å². The molecule has 2 rings (SSSR count). The lowest BCUT2D eigenvalue weighted by atomic mass is 9.95. The van der Waals surface area contributed by atoms with Gasteiger partial charge >= 0.3 is 0 Å². The predicted octanol–water partition coefficient (Wildman–Crippen LogP) is 2.32. The summed E-state index contributed by atoms with van der Waals surface area (Å²) in [5, 5.41) is 0. The van der Waals surface area contributed by atoms with Crippen LogP contribution in [0.4, 0.5) is 0 Å². The van der Waals surface area contributed by atoms with Crippen LogP contribution in [0.15, 0.2) is 15.9 Å². The first-order chi connectivity index (χ1) is 7.58. The fourth-order valence-corrected chi connectivity index (χ4v) is 3.29. The molecule has 0 radical (unpaired) electrons. The molecule has 1 aliphatic heterocycles. The maximum Gasteiger partial charge on any atom is 0.263 e. The number of halogens is 1. The monoisotopic (exact) mass is 302 g/mol. The van der Waals surface area contributed by atoms with Gasteiger partial charge in [0.05, 0.1) is 8.66 Å². The molecule has 2 N–H and O–H groups in total. The summed E-state index contributed by atoms with van der Waals surface area (Å²) in [6, 6.07) is 4.02. The molecule has 0 aromatic carbocycles. The van der Waals surface area contributed by atoms with E-state index < -0.39 is 0 Å². The van der Waals surface area contributed by atoms with E-state index >= 15 is 0 Å². The number of piperidine rings is 1. The van der Waals surface area contributed by atoms with Crippen molar-refractivity contribution in [3.8, 4) is 0 Å². The molecular weight excluding hydrogens is 288 g/mol. The number of nitrogens with two attached hydrogens (primary N) is 1. The first-order valence-electron chi connectivity index (χ1n) is 5.38. The summed E-state index contributed by atoms with van der Waals surface area (Å²) in [6.45, 7) is 3.66. The van der Waals surface area contributed by atoms with E-state index in [2.05, 4.69) is 22.9 Å². The van der Waals surface area contributed by atoms with E-state index in [1.165, 1.54) is 11.3 Å². The Morgan fingerprint density at radius 1 is 1.62 bits per heavy atom. The van der Waals surface area contributed by atoms with Crippen LogP contribution in [0.2, 0.25) is 0 Å². The van der Waals surface area contributed by atoms with Crippen molar-refractivity contribution >= 4 is 33.2 Å². The molecule has 0 saturated carbocycles. The van der Waals surface area contributed by atoms with Gasteiger partial charge in [-0.2, -0.15) is 0 Å². The number of carbonyl (C=O) groups excluding carboxylic acids is 1. The van der Waals surface area contributed by atoms with Crippen molar-refractivity contribution in [2.24, 2.45) is 11.7 Å². The van der Waals surface area contributed by atoms with Gasteiger partial charge in [0, 0.05) is 19.1 Å². The third-order valence-electron chi connectivity index (χ3n) is 3.04. The van der Waals surface area contributed by atoms with Gasteiger partial charge in [0.2, 0.25) is 0 Å². The van der Waals surface area contributed by atoms with Crippen LogP contribution in [0.5, 0.6) is 0 Å². The number of rotatable bonds is 1. The normalized spacial score (nSPS) is 25.8. The number of likely N-dealkylation sites (tertiary alicyclic amines) is 1. The van der Waals surface area contributed by atoms with Crippen LogP contribution in [0.1, 0.15) is 23.0 Å². The first-order valence-corrected chi connectivity index (χ1v) is 6.99. The maximum atomic E-state index is 12.1. The second-order valence-electron chi connectivity index (χ2n) is 4.28. The highest BCUT2D eigenvalue weighted by Gasteiger charge is 2.27. The molecule has 3 nitrogen and oxygen atoms in total. The Hall–Kier alpha value is -0.390. The number of nitrogens with zero attached hydrogens (tertiary/aromatic N) is 1. The fourth-order valence-electron chi connectivity index (χ4n) is 1.93. The standard InChI is InChI=1S/C11H15BrN2OS/c1-7-6-14(5-4-8(7)13)11(15)9-2-3-10(12)16-9/h2-3,7-8H,4-6,13H2,1H3. The van der Waals surface area contributed by atoms with E-state index in [1.54, 1.807) is 0 Å². The molecule has 0 bridgehead atoms. The van der Waals surface area contributed by atoms with Crippen molar-refractivity contribution < 1.29 is 4.79 Å². The second kappa shape index (κ2) is 4.85. The molecule has 1 amide bonds. The second-order valence-corrected chi connectivity index (χ2v) is 6.75. The van der Waals surface area contributed by atoms with Crippen molar-refractivity contribution in [3.63, 3.8) is 0 Å². The Labute approximate surface area is 108 Å². The molecule has 88 valence electrons. The minimum atomic E-state index is 0.134. The molecule has 1 saturated heterocycles. The lowest BCUT2D eigenvalue weighted by Crippen LogP contribution is -2.48. The highest BCUT2D eigenvalue weighted by molar-refractivity contribution is 9.11. The van der Waals surface area contributed by atoms with Gasteiger partial charge in [-0.25, -0.2) is 0 Å². The zero-order chi connectivity index (χ0) is 11.7. The smallest absolute Gasteiger partial charge is 0.263 e. The van der Waals surface area contributed by atoms with E-state index in [1.807, 2.05) is 17.0 Å². The van der Waals surface area contributed by atoms with Gasteiger partial charge in [-0.15, -0.1) is 11.3 Å². The van der Waals surface area contributed by atoms with Crippen molar-refractivity contribution in [2.75, 3.05) is 13.1 Å². The van der Waals surface area contributed by atoms with Crippen LogP contribution in [0.25, 0.3) is 0 Å². The van der Waals surface area contributed by atoms with Gasteiger partial charge in [0.15, 0.2) is 0 Å². The zero-order valence-electron chi connectivity index (χ0n) is 9.15. The fraction of sp³-hybridized carbons (Fsp3) is 0.545. The number of hydrogen-bond acceptors (Lipinski definition) is 3. The average molecular weight is 303 g/mol. The third-order valence-corrected chi connectivity index (χ3v) is 4.65. The Morgan fingerprint density at radius 2 is 2.38 bits per heavy atom. The summed E-state index contributed by atoms with van der Waals surface area (Å²) in [6.07, 6.45) is 0.902. The Bertz CT molecular complexity index is 393. The van der Waals surface area contributed by atoms with Crippen LogP contribution >= 0.6 is 27.3 Å². The highest BCUT2D eigenvalue weighted by Crippen LogP contribution is 2.25. The Balaban J connectivity index is 2.06. The summed E-state index contributed by atoms with van der Waals surface area (Å²) >= 11 is 4.86. The van der Waals surface area contributed by atoms with Crippen LogP contribution in [-0.2, 0) is 0 Å². The molecule has 0 spiro atoms. The lowest BCUT2D eigenvalue weighted by molar-refractivity contribution is 0.0669. The third kappa shape index (κ3) is 2.47. The maximum absolute atomic E-state index is 12.1. The molecule has 5 heteroatoms. The quantitative estimate of drug-likeness (QED) is 0.865. The highest BCUT2D eigenvalue weighted by atomic mass is 79.9. The van der Waals surface area contributed by atoms with Crippen LogP contribution in [0, 0.1) is 5.92 Å². The van der Waals surface area contributed by atoms with Crippen molar-refractivity contribution in [1.82, 2.24) is 4.90 Å². The summed E-state index contributed by atoms with van der Waals surface area (Å²) in [5.41, 5.74) is 5.94. The minimum Gasteiger partial charge on any atom is -0.338 e. The van der Waals surface area contributed by atoms with E-state index in [0.717, 1.165) is 28.2 Å². The number of carbonyl (C=O) groups is 1. The largest absolute Gasteiger partial charge is 0.338 e. The predicted molar refractivity (Wildman–Crippen MR) is 69.7 cm³/mol. The minimum absolute atomic E-state index is 0.134. The summed E-state index contributed by atoms with van der Waals surface area (Å²) in [5.74, 6) is 0.524. The number of thiophene rings is 1. The molecule has 2 heterocycles. The Kier molecular flexibility index (Phi) is 3.66. The molecule has 0 aliphatic carbocycles. The summed E-state index contributed by atoms with van der Waals surface area (Å²) < 4.78 is 0.998. The lowest BCUT2D eigenvalue weighted by Gasteiger charge is -2.34. The molecule has 1 aliphatic rings. The molecule has 2 atom stereocenters. The van der Waals surface area contributed by atoms with Crippen molar-refractivity contribution in [3.05, 3.63) is 20.8 Å². The van der Waals surface area contributed by atoms with Gasteiger partial charge in [-0.1, -0.05) is 6.92 Å². The Morgan fingerprint density at radius 3 is 2.94 bits per heavy atom. The topological polar surface area (TPSA) is 46.3 Å². The van der Waals surface area contributed by atoms with Gasteiger partial charge in [-0.3, -0.25) is 4.79 Å². The molecule has 1 fully saturated rings. The van der Waals surface area contributed by atoms with E-state index in [0.29, 0.717) is 5.92 Å². The first kappa shape index (κ1) is 12.1. The van der Waals surface area contributed by atoms with Crippen molar-refractivity contribution in [1.29, 1.82) is 0 Å². The molecule has 1 aromatic rings. The van der Waals surface area contributed by atoms with Gasteiger partial charge < -0.3 is 10.6 Å².